The summed E-state index contributed by atoms with van der Waals surface area (Å²) in [7, 11) is -6.70. The molecule has 150 heavy (non-hydrogen) atoms. The number of methoxy groups -OCH3 is 2. The lowest BCUT2D eigenvalue weighted by Gasteiger charge is -2.21. The van der Waals surface area contributed by atoms with E-state index in [0.29, 0.717) is 116 Å². The fraction of sp³-hybridized carbons (Fsp3) is 0.490. The molecule has 4 aromatic heterocycles. The maximum absolute atomic E-state index is 13.7. The number of benzene rings is 4. The zero-order valence-electron chi connectivity index (χ0n) is 88.3. The van der Waals surface area contributed by atoms with Crippen LogP contribution >= 0.6 is 0 Å². The highest BCUT2D eigenvalue weighted by Crippen LogP contribution is 2.38. The van der Waals surface area contributed by atoms with E-state index in [4.69, 9.17) is 52.8 Å². The second kappa shape index (κ2) is 62.3. The number of carbonyl (C=O) groups excluding carboxylic acids is 2. The van der Waals surface area contributed by atoms with Gasteiger partial charge in [-0.25, -0.2) is 108 Å². The predicted octanol–water partition coefficient (Wildman–Crippen LogP) is 13.9. The lowest BCUT2D eigenvalue weighted by Crippen LogP contribution is -2.27. The molecule has 0 bridgehead atoms. The molecule has 0 radical (unpaired) electrons. The molecule has 8 atom stereocenters. The molecule has 8 rings (SSSR count). The normalized spacial score (nSPS) is 13.7. The topological polar surface area (TPSA) is 535 Å². The number of hydrogen-bond donors (Lipinski definition) is 6. The number of halogens is 4. The molecule has 0 aliphatic heterocycles. The molecule has 828 valence electrons. The van der Waals surface area contributed by atoms with Gasteiger partial charge in [0.25, 0.3) is 0 Å². The molecular formula is C102H140F4N12O28S4. The molecule has 40 nitrogen and oxygen atoms in total. The van der Waals surface area contributed by atoms with Gasteiger partial charge in [0.05, 0.1) is 159 Å². The van der Waals surface area contributed by atoms with Crippen molar-refractivity contribution in [3.05, 3.63) is 190 Å². The lowest BCUT2D eigenvalue weighted by atomic mass is 9.97. The SMILES string of the molecule is CCOCO[C@@H](CC(=O)O)C[C@H](O)/C=C/c1c(-c2ccc(F)cc2)nc(N(C)S(C)(=O)=O)nc1C(C)C.CCOCO[C@@H](CC(=O)OC)C[C@H](O)/C=C/c1c(-c2ccc(F)cc2)nc(N(C)S(C)(=O)=O)nc1C(C)C.CCOCO[C@H](/C=C/c1c(-c2ccc(F)cc2)nc(N(C)S(C)(=O)=O)nc1C(C)C)C[C@@H](O)CC(=O)O.CCOCO[C@H](/C=C/c1c(-c2ccc(F)cc2)nc(N(C)S(C)(=O)=O)nc1C(C)C)C[C@@H](O)CC(=O)OC. The van der Waals surface area contributed by atoms with Crippen molar-refractivity contribution < 1.29 is 148 Å². The van der Waals surface area contributed by atoms with Crippen LogP contribution in [0.1, 0.15) is 203 Å². The second-order valence-corrected chi connectivity index (χ2v) is 43.3. The van der Waals surface area contributed by atoms with Crippen molar-refractivity contribution in [2.24, 2.45) is 0 Å². The van der Waals surface area contributed by atoms with E-state index in [1.165, 1.54) is 139 Å². The van der Waals surface area contributed by atoms with E-state index in [1.54, 1.807) is 62.4 Å². The van der Waals surface area contributed by atoms with Crippen LogP contribution in [0.4, 0.5) is 41.4 Å². The first-order chi connectivity index (χ1) is 70.4. The van der Waals surface area contributed by atoms with Crippen LogP contribution in [0.2, 0.25) is 0 Å². The van der Waals surface area contributed by atoms with Gasteiger partial charge in [0.1, 0.15) is 50.4 Å². The number of aliphatic hydroxyl groups is 4. The maximum atomic E-state index is 13.7. The van der Waals surface area contributed by atoms with Crippen molar-refractivity contribution in [3.63, 3.8) is 0 Å². The Kier molecular flexibility index (Phi) is 53.5. The first-order valence-electron chi connectivity index (χ1n) is 47.7. The van der Waals surface area contributed by atoms with Crippen molar-refractivity contribution in [1.29, 1.82) is 0 Å². The molecule has 4 aromatic carbocycles. The highest BCUT2D eigenvalue weighted by Gasteiger charge is 2.31. The van der Waals surface area contributed by atoms with Gasteiger partial charge in [0.2, 0.25) is 63.9 Å². The summed E-state index contributed by atoms with van der Waals surface area (Å²) in [5.74, 6) is -5.75. The highest BCUT2D eigenvalue weighted by atomic mass is 32.2. The summed E-state index contributed by atoms with van der Waals surface area (Å²) < 4.78 is 209. The molecule has 48 heteroatoms. The third kappa shape index (κ3) is 43.2. The minimum atomic E-state index is -3.66. The van der Waals surface area contributed by atoms with Gasteiger partial charge in [-0.1, -0.05) is 104 Å². The van der Waals surface area contributed by atoms with E-state index in [9.17, 15) is 90.8 Å². The predicted molar refractivity (Wildman–Crippen MR) is 561 cm³/mol. The molecule has 0 unspecified atom stereocenters. The van der Waals surface area contributed by atoms with E-state index < -0.39 is 142 Å². The summed E-state index contributed by atoms with van der Waals surface area (Å²) in [6.07, 6.45) is 9.18. The Morgan fingerprint density at radius 1 is 0.333 bits per heavy atom. The number of hydrogen-bond acceptors (Lipinski definition) is 34. The number of carboxylic acids is 2. The lowest BCUT2D eigenvalue weighted by molar-refractivity contribution is -0.149. The zero-order chi connectivity index (χ0) is 112. The van der Waals surface area contributed by atoms with Crippen molar-refractivity contribution >= 4 is 112 Å². The van der Waals surface area contributed by atoms with Gasteiger partial charge in [0.15, 0.2) is 0 Å². The molecule has 0 saturated heterocycles. The molecular weight excluding hydrogens is 2050 g/mol. The Balaban J connectivity index is 0.000000351. The third-order valence-electron chi connectivity index (χ3n) is 22.0. The number of ether oxygens (including phenoxy) is 10. The third-order valence-corrected chi connectivity index (χ3v) is 26.6. The van der Waals surface area contributed by atoms with Crippen LogP contribution in [0.5, 0.6) is 0 Å². The molecule has 0 fully saturated rings. The summed E-state index contributed by atoms with van der Waals surface area (Å²) >= 11 is 0. The second-order valence-electron chi connectivity index (χ2n) is 35.3. The average molecular weight is 2190 g/mol. The first-order valence-corrected chi connectivity index (χ1v) is 55.1. The van der Waals surface area contributed by atoms with Crippen LogP contribution in [0.3, 0.4) is 0 Å². The minimum absolute atomic E-state index is 0.00543. The van der Waals surface area contributed by atoms with Gasteiger partial charge in [-0.05, 0) is 148 Å². The average Bonchev–Trinajstić information content (AvgIpc) is 0.790. The molecule has 0 saturated carbocycles. The number of anilines is 4. The molecule has 0 spiro atoms. The Morgan fingerprint density at radius 2 is 0.560 bits per heavy atom. The van der Waals surface area contributed by atoms with E-state index >= 15 is 0 Å². The Hall–Kier alpha value is -11.7. The smallest absolute Gasteiger partial charge is 0.308 e. The summed E-state index contributed by atoms with van der Waals surface area (Å²) in [5.41, 5.74) is 7.93. The van der Waals surface area contributed by atoms with Crippen molar-refractivity contribution in [3.8, 4) is 45.0 Å². The number of rotatable bonds is 56. The standard InChI is InChI=1S/2C26H36FN3O7S.2C25H34FN3O7S/c1-7-36-16-37-21(14-20(31)15-23(32)35-5)12-13-22-24(17(2)3)28-26(30(4)38(6,33)34)29-25(22)18-8-10-19(27)11-9-18;1-7-36-16-37-21(15-23(32)35-5)14-20(31)12-13-22-24(17(2)3)28-26(30(4)38(6,33)34)29-25(22)18-8-10-19(27)11-9-18;1-6-35-15-36-20(13-19(30)14-22(31)32)11-12-21-23(16(2)3)27-25(29(4)37(5,33)34)28-24(21)17-7-9-18(26)10-8-17;1-6-35-15-36-20(14-22(31)32)13-19(30)11-12-21-23(16(2)3)27-25(29(4)37(5,33)34)28-24(21)17-7-9-18(26)10-8-17/h2*8-13,17,20-21,31H,7,14-16H2,1-6H3;2*7-12,16,19-20,30H,6,13-15H2,1-5H3,(H,31,32)/b2*13-12+;2*12-11+/t2*20-,21-;2*19-,20-/m1111/s1. The van der Waals surface area contributed by atoms with E-state index in [0.717, 1.165) is 42.2 Å². The Labute approximate surface area is 875 Å². The largest absolute Gasteiger partial charge is 0.481 e. The summed E-state index contributed by atoms with van der Waals surface area (Å²) in [4.78, 5) is 81.6. The molecule has 4 heterocycles. The van der Waals surface area contributed by atoms with E-state index in [-0.39, 0.29) is 120 Å². The van der Waals surface area contributed by atoms with Crippen LogP contribution in [0.15, 0.2) is 121 Å². The number of aromatic nitrogens is 8. The van der Waals surface area contributed by atoms with Gasteiger partial charge in [-0.2, -0.15) is 0 Å². The number of sulfonamides is 4. The number of carboxylic acid groups (broad SMARTS) is 2. The minimum Gasteiger partial charge on any atom is -0.481 e. The van der Waals surface area contributed by atoms with Crippen molar-refractivity contribution in [2.45, 2.75) is 207 Å². The summed E-state index contributed by atoms with van der Waals surface area (Å²) in [5, 5.41) is 60.1. The molecule has 0 aliphatic carbocycles. The number of aliphatic carboxylic acids is 2. The summed E-state index contributed by atoms with van der Waals surface area (Å²) in [6.45, 7) is 23.7. The molecule has 0 amide bonds. The monoisotopic (exact) mass is 2180 g/mol. The van der Waals surface area contributed by atoms with E-state index in [1.807, 2.05) is 69.2 Å². The number of aliphatic hydroxyl groups excluding tert-OH is 4. The van der Waals surface area contributed by atoms with Crippen molar-refractivity contribution in [1.82, 2.24) is 39.9 Å². The van der Waals surface area contributed by atoms with E-state index in [2.05, 4.69) is 44.6 Å². The molecule has 0 aliphatic rings. The van der Waals surface area contributed by atoms with Gasteiger partial charge in [-0.15, -0.1) is 0 Å². The quantitative estimate of drug-likeness (QED) is 0.00892. The fourth-order valence-electron chi connectivity index (χ4n) is 13.7. The van der Waals surface area contributed by atoms with Crippen LogP contribution in [-0.4, -0.2) is 298 Å². The number of carbonyl (C=O) groups is 4. The Morgan fingerprint density at radius 3 is 0.787 bits per heavy atom. The molecule has 6 N–H and O–H groups in total. The number of esters is 2. The van der Waals surface area contributed by atoms with Crippen LogP contribution in [0.25, 0.3) is 69.3 Å². The highest BCUT2D eigenvalue weighted by molar-refractivity contribution is 7.92. The van der Waals surface area contributed by atoms with Crippen molar-refractivity contribution in [2.75, 3.05) is 138 Å². The Bertz CT molecular complexity index is 6290. The van der Waals surface area contributed by atoms with Gasteiger partial charge < -0.3 is 78.0 Å². The first kappa shape index (κ1) is 129. The zero-order valence-corrected chi connectivity index (χ0v) is 91.5. The molecule has 8 aromatic rings. The van der Waals surface area contributed by atoms with Gasteiger partial charge in [0, 0.05) is 125 Å². The van der Waals surface area contributed by atoms with Gasteiger partial charge >= 0.3 is 23.9 Å². The maximum Gasteiger partial charge on any atom is 0.308 e. The number of nitrogens with zero attached hydrogens (tertiary/aromatic N) is 12. The van der Waals surface area contributed by atoms with Crippen LogP contribution in [0, 0.1) is 23.3 Å². The fourth-order valence-corrected chi connectivity index (χ4v) is 15.2. The van der Waals surface area contributed by atoms with Gasteiger partial charge in [-0.3, -0.25) is 19.2 Å². The van der Waals surface area contributed by atoms with Crippen LogP contribution in [-0.2, 0) is 107 Å². The van der Waals surface area contributed by atoms with Crippen LogP contribution < -0.4 is 17.2 Å². The summed E-state index contributed by atoms with van der Waals surface area (Å²) in [6, 6.07) is 22.5.